The molecule has 22 heavy (non-hydrogen) atoms. The van der Waals surface area contributed by atoms with Gasteiger partial charge in [-0.25, -0.2) is 9.37 Å². The first kappa shape index (κ1) is 14.5. The average molecular weight is 300 g/mol. The van der Waals surface area contributed by atoms with Crippen molar-refractivity contribution >= 4 is 11.0 Å². The van der Waals surface area contributed by atoms with Crippen molar-refractivity contribution in [2.24, 2.45) is 0 Å². The third-order valence-electron chi connectivity index (χ3n) is 3.51. The van der Waals surface area contributed by atoms with Gasteiger partial charge < -0.3 is 14.4 Å². The van der Waals surface area contributed by atoms with Crippen LogP contribution >= 0.6 is 0 Å². The van der Waals surface area contributed by atoms with Gasteiger partial charge in [-0.15, -0.1) is 0 Å². The van der Waals surface area contributed by atoms with Crippen LogP contribution in [0.25, 0.3) is 11.0 Å². The molecule has 0 saturated heterocycles. The SMILES string of the molecule is Cc1nc2ccccc2n1CC(O)COc1ccccc1F. The van der Waals surface area contributed by atoms with E-state index in [1.807, 2.05) is 35.8 Å². The molecular weight excluding hydrogens is 283 g/mol. The zero-order valence-electron chi connectivity index (χ0n) is 12.2. The van der Waals surface area contributed by atoms with Crippen LogP contribution in [0, 0.1) is 12.7 Å². The van der Waals surface area contributed by atoms with E-state index in [9.17, 15) is 9.50 Å². The Kier molecular flexibility index (Phi) is 4.06. The van der Waals surface area contributed by atoms with Crippen LogP contribution in [0.4, 0.5) is 4.39 Å². The molecule has 1 heterocycles. The van der Waals surface area contributed by atoms with E-state index in [1.54, 1.807) is 18.2 Å². The van der Waals surface area contributed by atoms with Crippen LogP contribution in [0.1, 0.15) is 5.82 Å². The first-order valence-corrected chi connectivity index (χ1v) is 7.12. The number of benzene rings is 2. The summed E-state index contributed by atoms with van der Waals surface area (Å²) < 4.78 is 20.7. The fourth-order valence-electron chi connectivity index (χ4n) is 2.44. The summed E-state index contributed by atoms with van der Waals surface area (Å²) in [6.45, 7) is 2.26. The maximum Gasteiger partial charge on any atom is 0.165 e. The second kappa shape index (κ2) is 6.15. The molecule has 1 unspecified atom stereocenters. The minimum atomic E-state index is -0.754. The summed E-state index contributed by atoms with van der Waals surface area (Å²) in [4.78, 5) is 4.45. The highest BCUT2D eigenvalue weighted by molar-refractivity contribution is 5.75. The number of para-hydroxylation sites is 3. The topological polar surface area (TPSA) is 47.3 Å². The molecule has 1 N–H and O–H groups in total. The van der Waals surface area contributed by atoms with Gasteiger partial charge in [-0.3, -0.25) is 0 Å². The van der Waals surface area contributed by atoms with Gasteiger partial charge in [0.15, 0.2) is 11.6 Å². The Morgan fingerprint density at radius 1 is 1.18 bits per heavy atom. The highest BCUT2D eigenvalue weighted by Crippen LogP contribution is 2.18. The van der Waals surface area contributed by atoms with Crippen LogP contribution in [0.15, 0.2) is 48.5 Å². The number of aliphatic hydroxyl groups is 1. The number of hydrogen-bond acceptors (Lipinski definition) is 3. The van der Waals surface area contributed by atoms with E-state index in [0.29, 0.717) is 6.54 Å². The van der Waals surface area contributed by atoms with Gasteiger partial charge in [0, 0.05) is 0 Å². The third kappa shape index (κ3) is 2.94. The summed E-state index contributed by atoms with van der Waals surface area (Å²) in [5, 5.41) is 10.2. The van der Waals surface area contributed by atoms with Crippen molar-refractivity contribution in [3.05, 3.63) is 60.2 Å². The molecule has 0 saturated carbocycles. The van der Waals surface area contributed by atoms with Crippen molar-refractivity contribution in [3.63, 3.8) is 0 Å². The van der Waals surface area contributed by atoms with Crippen LogP contribution in [0.5, 0.6) is 5.75 Å². The summed E-state index contributed by atoms with van der Waals surface area (Å²) in [6, 6.07) is 13.9. The Bertz CT molecular complexity index is 785. The fraction of sp³-hybridized carbons (Fsp3) is 0.235. The smallest absolute Gasteiger partial charge is 0.165 e. The number of rotatable bonds is 5. The lowest BCUT2D eigenvalue weighted by molar-refractivity contribution is 0.0909. The molecule has 0 spiro atoms. The van der Waals surface area contributed by atoms with Crippen molar-refractivity contribution in [2.75, 3.05) is 6.61 Å². The third-order valence-corrected chi connectivity index (χ3v) is 3.51. The second-order valence-electron chi connectivity index (χ2n) is 5.15. The molecular formula is C17H17FN2O2. The number of hydrogen-bond donors (Lipinski definition) is 1. The van der Waals surface area contributed by atoms with Crippen molar-refractivity contribution in [2.45, 2.75) is 19.6 Å². The first-order valence-electron chi connectivity index (χ1n) is 7.12. The maximum atomic E-state index is 13.5. The number of aromatic nitrogens is 2. The summed E-state index contributed by atoms with van der Waals surface area (Å²) in [6.07, 6.45) is -0.754. The quantitative estimate of drug-likeness (QED) is 0.788. The van der Waals surface area contributed by atoms with Gasteiger partial charge in [0.25, 0.3) is 0 Å². The highest BCUT2D eigenvalue weighted by Gasteiger charge is 2.13. The zero-order chi connectivity index (χ0) is 15.5. The van der Waals surface area contributed by atoms with Crippen molar-refractivity contribution < 1.29 is 14.2 Å². The molecule has 1 aromatic heterocycles. The van der Waals surface area contributed by atoms with Crippen molar-refractivity contribution in [1.29, 1.82) is 0 Å². The van der Waals surface area contributed by atoms with E-state index in [-0.39, 0.29) is 12.4 Å². The molecule has 114 valence electrons. The molecule has 0 aliphatic carbocycles. The Morgan fingerprint density at radius 2 is 1.91 bits per heavy atom. The lowest BCUT2D eigenvalue weighted by atomic mass is 10.3. The van der Waals surface area contributed by atoms with Crippen LogP contribution in [0.2, 0.25) is 0 Å². The Morgan fingerprint density at radius 3 is 2.73 bits per heavy atom. The standard InChI is InChI=1S/C17H17FN2O2/c1-12-19-15-7-3-4-8-16(15)20(12)10-13(21)11-22-17-9-5-2-6-14(17)18/h2-9,13,21H,10-11H2,1H3. The van der Waals surface area contributed by atoms with Gasteiger partial charge in [0.2, 0.25) is 0 Å². The van der Waals surface area contributed by atoms with E-state index in [4.69, 9.17) is 4.74 Å². The number of imidazole rings is 1. The number of halogens is 1. The summed E-state index contributed by atoms with van der Waals surface area (Å²) in [7, 11) is 0. The molecule has 5 heteroatoms. The van der Waals surface area contributed by atoms with E-state index in [2.05, 4.69) is 4.98 Å². The molecule has 0 aliphatic heterocycles. The number of fused-ring (bicyclic) bond motifs is 1. The van der Waals surface area contributed by atoms with Crippen LogP contribution in [0.3, 0.4) is 0 Å². The average Bonchev–Trinajstić information content (AvgIpc) is 2.83. The van der Waals surface area contributed by atoms with Crippen molar-refractivity contribution in [1.82, 2.24) is 9.55 Å². The number of nitrogens with zero attached hydrogens (tertiary/aromatic N) is 2. The lowest BCUT2D eigenvalue weighted by Crippen LogP contribution is -2.24. The van der Waals surface area contributed by atoms with Gasteiger partial charge in [0.1, 0.15) is 18.5 Å². The van der Waals surface area contributed by atoms with Crippen LogP contribution in [-0.2, 0) is 6.54 Å². The molecule has 4 nitrogen and oxygen atoms in total. The van der Waals surface area contributed by atoms with Crippen LogP contribution in [-0.4, -0.2) is 27.4 Å². The molecule has 2 aromatic carbocycles. The lowest BCUT2D eigenvalue weighted by Gasteiger charge is -2.15. The van der Waals surface area contributed by atoms with E-state index < -0.39 is 11.9 Å². The van der Waals surface area contributed by atoms with E-state index in [1.165, 1.54) is 6.07 Å². The molecule has 0 aliphatic rings. The van der Waals surface area contributed by atoms with E-state index >= 15 is 0 Å². The minimum absolute atomic E-state index is 0.0207. The normalized spacial score (nSPS) is 12.5. The van der Waals surface area contributed by atoms with Gasteiger partial charge in [-0.05, 0) is 31.2 Å². The van der Waals surface area contributed by atoms with Gasteiger partial charge in [-0.2, -0.15) is 0 Å². The Labute approximate surface area is 127 Å². The maximum absolute atomic E-state index is 13.5. The molecule has 3 aromatic rings. The molecule has 0 fully saturated rings. The summed E-state index contributed by atoms with van der Waals surface area (Å²) in [5.74, 6) is 0.541. The van der Waals surface area contributed by atoms with Gasteiger partial charge in [0.05, 0.1) is 17.6 Å². The Hall–Kier alpha value is -2.40. The Balaban J connectivity index is 1.70. The molecule has 0 bridgehead atoms. The number of aliphatic hydroxyl groups excluding tert-OH is 1. The highest BCUT2D eigenvalue weighted by atomic mass is 19.1. The zero-order valence-corrected chi connectivity index (χ0v) is 12.2. The van der Waals surface area contributed by atoms with Crippen LogP contribution < -0.4 is 4.74 Å². The van der Waals surface area contributed by atoms with Gasteiger partial charge >= 0.3 is 0 Å². The monoisotopic (exact) mass is 300 g/mol. The van der Waals surface area contributed by atoms with Gasteiger partial charge in [-0.1, -0.05) is 24.3 Å². The van der Waals surface area contributed by atoms with Crippen molar-refractivity contribution in [3.8, 4) is 5.75 Å². The molecule has 0 amide bonds. The summed E-state index contributed by atoms with van der Waals surface area (Å²) >= 11 is 0. The second-order valence-corrected chi connectivity index (χ2v) is 5.15. The fourth-order valence-corrected chi connectivity index (χ4v) is 2.44. The van der Waals surface area contributed by atoms with E-state index in [0.717, 1.165) is 16.9 Å². The predicted octanol–water partition coefficient (Wildman–Crippen LogP) is 2.92. The molecule has 0 radical (unpaired) electrons. The summed E-state index contributed by atoms with van der Waals surface area (Å²) in [5.41, 5.74) is 1.85. The molecule has 1 atom stereocenters. The largest absolute Gasteiger partial charge is 0.488 e. The predicted molar refractivity (Wildman–Crippen MR) is 82.4 cm³/mol. The number of aryl methyl sites for hydroxylation is 1. The first-order chi connectivity index (χ1) is 10.6. The minimum Gasteiger partial charge on any atom is -0.488 e. The number of ether oxygens (including phenoxy) is 1. The molecule has 3 rings (SSSR count).